The van der Waals surface area contributed by atoms with Gasteiger partial charge in [-0.25, -0.2) is 0 Å². The maximum Gasteiger partial charge on any atom is 0.162 e. The van der Waals surface area contributed by atoms with E-state index >= 15 is 0 Å². The number of nitrogens with two attached hydrogens (primary N) is 1. The molecule has 1 aliphatic heterocycles. The molecule has 0 bridgehead atoms. The molecule has 0 aromatic heterocycles. The lowest BCUT2D eigenvalue weighted by Crippen LogP contribution is -2.23. The topological polar surface area (TPSA) is 77.2 Å². The van der Waals surface area contributed by atoms with Gasteiger partial charge in [-0.1, -0.05) is 23.7 Å². The molecule has 7 heteroatoms. The van der Waals surface area contributed by atoms with Gasteiger partial charge in [-0.15, -0.1) is 0 Å². The molecule has 0 saturated carbocycles. The summed E-state index contributed by atoms with van der Waals surface area (Å²) in [5.74, 6) is 1.03. The average Bonchev–Trinajstić information content (AvgIpc) is 3.13. The molecule has 2 N–H and O–H groups in total. The van der Waals surface area contributed by atoms with E-state index in [-0.39, 0.29) is 0 Å². The van der Waals surface area contributed by atoms with Crippen molar-refractivity contribution in [2.75, 3.05) is 26.5 Å². The van der Waals surface area contributed by atoms with Gasteiger partial charge in [0.25, 0.3) is 0 Å². The molecule has 2 aromatic rings. The Morgan fingerprint density at radius 2 is 1.85 bits per heavy atom. The molecule has 0 amide bonds. The molecule has 0 spiro atoms. The van der Waals surface area contributed by atoms with E-state index in [0.717, 1.165) is 24.0 Å². The minimum absolute atomic E-state index is 0.427. The number of carbonyl (C=O) groups is 1. The molecule has 1 unspecified atom stereocenters. The van der Waals surface area contributed by atoms with Gasteiger partial charge in [0.15, 0.2) is 11.5 Å². The Balaban J connectivity index is 1.92. The first-order valence-corrected chi connectivity index (χ1v) is 8.52. The minimum atomic E-state index is -0.603. The van der Waals surface area contributed by atoms with Crippen LogP contribution in [0.5, 0.6) is 11.5 Å². The van der Waals surface area contributed by atoms with Crippen LogP contribution in [-0.4, -0.2) is 37.8 Å². The number of anilines is 1. The highest BCUT2D eigenvalue weighted by Gasteiger charge is 2.27. The van der Waals surface area contributed by atoms with Gasteiger partial charge in [-0.05, 0) is 23.8 Å². The highest BCUT2D eigenvalue weighted by atomic mass is 35.5. The predicted octanol–water partition coefficient (Wildman–Crippen LogP) is 3.29. The van der Waals surface area contributed by atoms with Crippen LogP contribution in [0.2, 0.25) is 5.02 Å². The zero-order chi connectivity index (χ0) is 18.7. The van der Waals surface area contributed by atoms with Crippen LogP contribution in [0.15, 0.2) is 41.5 Å². The Bertz CT molecular complexity index is 837. The first kappa shape index (κ1) is 18.1. The number of hydrazone groups is 1. The molecule has 6 nitrogen and oxygen atoms in total. The average molecular weight is 374 g/mol. The number of benzene rings is 2. The number of carbonyl (C=O) groups excluding carboxylic acids is 1. The van der Waals surface area contributed by atoms with Crippen LogP contribution in [-0.2, 0) is 4.79 Å². The summed E-state index contributed by atoms with van der Waals surface area (Å²) in [7, 11) is 3.08. The van der Waals surface area contributed by atoms with E-state index in [4.69, 9.17) is 26.8 Å². The van der Waals surface area contributed by atoms with Crippen molar-refractivity contribution in [3.63, 3.8) is 0 Å². The van der Waals surface area contributed by atoms with E-state index < -0.39 is 6.04 Å². The molecule has 0 aliphatic carbocycles. The van der Waals surface area contributed by atoms with Crippen LogP contribution in [0.1, 0.15) is 23.6 Å². The van der Waals surface area contributed by atoms with Crippen LogP contribution < -0.4 is 15.2 Å². The van der Waals surface area contributed by atoms with Crippen LogP contribution >= 0.6 is 11.6 Å². The molecule has 0 radical (unpaired) electrons. The second-order valence-electron chi connectivity index (χ2n) is 5.89. The first-order chi connectivity index (χ1) is 12.6. The first-order valence-electron chi connectivity index (χ1n) is 8.14. The summed E-state index contributed by atoms with van der Waals surface area (Å²) in [6.07, 6.45) is 1.57. The van der Waals surface area contributed by atoms with Crippen LogP contribution in [0.4, 0.5) is 5.69 Å². The SMILES string of the molecule is COc1cc(Cl)c(C(C=O)N2CCC(c3ccc(N)cc3)=N2)cc1OC. The number of methoxy groups -OCH3 is 2. The highest BCUT2D eigenvalue weighted by Crippen LogP contribution is 2.38. The molecule has 3 rings (SSSR count). The van der Waals surface area contributed by atoms with Crippen molar-refractivity contribution < 1.29 is 14.3 Å². The van der Waals surface area contributed by atoms with Crippen LogP contribution in [0.25, 0.3) is 0 Å². The van der Waals surface area contributed by atoms with Crippen molar-refractivity contribution in [3.05, 3.63) is 52.5 Å². The number of aldehydes is 1. The van der Waals surface area contributed by atoms with Crippen molar-refractivity contribution in [1.82, 2.24) is 5.01 Å². The van der Waals surface area contributed by atoms with E-state index in [0.29, 0.717) is 34.3 Å². The Kier molecular flexibility index (Phi) is 5.32. The lowest BCUT2D eigenvalue weighted by Gasteiger charge is -2.23. The molecule has 1 aliphatic rings. The van der Waals surface area contributed by atoms with E-state index in [1.54, 1.807) is 24.3 Å². The fourth-order valence-corrected chi connectivity index (χ4v) is 3.22. The van der Waals surface area contributed by atoms with Crippen LogP contribution in [0, 0.1) is 0 Å². The van der Waals surface area contributed by atoms with Crippen molar-refractivity contribution in [2.24, 2.45) is 5.10 Å². The number of rotatable bonds is 6. The fourth-order valence-electron chi connectivity index (χ4n) is 2.96. The number of hydrogen-bond acceptors (Lipinski definition) is 6. The summed E-state index contributed by atoms with van der Waals surface area (Å²) >= 11 is 6.38. The van der Waals surface area contributed by atoms with E-state index in [2.05, 4.69) is 5.10 Å². The summed E-state index contributed by atoms with van der Waals surface area (Å²) in [6, 6.07) is 10.3. The summed E-state index contributed by atoms with van der Waals surface area (Å²) in [5, 5.41) is 6.79. The smallest absolute Gasteiger partial charge is 0.162 e. The van der Waals surface area contributed by atoms with Gasteiger partial charge in [0.1, 0.15) is 12.3 Å². The van der Waals surface area contributed by atoms with Gasteiger partial charge < -0.3 is 20.0 Å². The fraction of sp³-hybridized carbons (Fsp3) is 0.263. The van der Waals surface area contributed by atoms with Gasteiger partial charge in [-0.3, -0.25) is 5.01 Å². The normalized spacial score (nSPS) is 14.7. The summed E-state index contributed by atoms with van der Waals surface area (Å²) in [4.78, 5) is 11.8. The molecule has 2 aromatic carbocycles. The van der Waals surface area contributed by atoms with Crippen molar-refractivity contribution in [3.8, 4) is 11.5 Å². The third kappa shape index (κ3) is 3.46. The molecule has 136 valence electrons. The molecule has 26 heavy (non-hydrogen) atoms. The Morgan fingerprint density at radius 3 is 2.46 bits per heavy atom. The largest absolute Gasteiger partial charge is 0.493 e. The number of halogens is 1. The van der Waals surface area contributed by atoms with Gasteiger partial charge in [0.2, 0.25) is 0 Å². The molecule has 0 fully saturated rings. The number of nitrogen functional groups attached to an aromatic ring is 1. The quantitative estimate of drug-likeness (QED) is 0.621. The standard InChI is InChI=1S/C19H20ClN3O3/c1-25-18-9-14(15(20)10-19(18)26-2)17(11-24)23-8-7-16(22-23)12-3-5-13(21)6-4-12/h3-6,9-11,17H,7-8,21H2,1-2H3. The van der Waals surface area contributed by atoms with Crippen molar-refractivity contribution in [2.45, 2.75) is 12.5 Å². The summed E-state index contributed by atoms with van der Waals surface area (Å²) in [6.45, 7) is 0.619. The maximum atomic E-state index is 11.8. The Morgan fingerprint density at radius 1 is 1.19 bits per heavy atom. The lowest BCUT2D eigenvalue weighted by atomic mass is 10.1. The predicted molar refractivity (Wildman–Crippen MR) is 102 cm³/mol. The zero-order valence-corrected chi connectivity index (χ0v) is 15.4. The Labute approximate surface area is 157 Å². The molecular formula is C19H20ClN3O3. The maximum absolute atomic E-state index is 11.8. The van der Waals surface area contributed by atoms with E-state index in [9.17, 15) is 4.79 Å². The number of ether oxygens (including phenoxy) is 2. The monoisotopic (exact) mass is 373 g/mol. The minimum Gasteiger partial charge on any atom is -0.493 e. The highest BCUT2D eigenvalue weighted by molar-refractivity contribution is 6.31. The second-order valence-corrected chi connectivity index (χ2v) is 6.30. The Hall–Kier alpha value is -2.73. The lowest BCUT2D eigenvalue weighted by molar-refractivity contribution is -0.112. The molecule has 0 saturated heterocycles. The van der Waals surface area contributed by atoms with Crippen molar-refractivity contribution >= 4 is 29.3 Å². The number of nitrogens with zero attached hydrogens (tertiary/aromatic N) is 2. The second kappa shape index (κ2) is 7.66. The molecular weight excluding hydrogens is 354 g/mol. The van der Waals surface area contributed by atoms with Gasteiger partial charge in [0.05, 0.1) is 25.0 Å². The number of hydrogen-bond donors (Lipinski definition) is 1. The summed E-state index contributed by atoms with van der Waals surface area (Å²) < 4.78 is 10.6. The van der Waals surface area contributed by atoms with Gasteiger partial charge in [0, 0.05) is 30.3 Å². The van der Waals surface area contributed by atoms with Gasteiger partial charge >= 0.3 is 0 Å². The van der Waals surface area contributed by atoms with Crippen LogP contribution in [0.3, 0.4) is 0 Å². The third-order valence-electron chi connectivity index (χ3n) is 4.34. The molecule has 1 heterocycles. The van der Waals surface area contributed by atoms with Crippen molar-refractivity contribution in [1.29, 1.82) is 0 Å². The van der Waals surface area contributed by atoms with E-state index in [1.165, 1.54) is 7.11 Å². The van der Waals surface area contributed by atoms with E-state index in [1.807, 2.05) is 24.3 Å². The molecule has 1 atom stereocenters. The van der Waals surface area contributed by atoms with Gasteiger partial charge in [-0.2, -0.15) is 5.10 Å². The zero-order valence-electron chi connectivity index (χ0n) is 14.6. The third-order valence-corrected chi connectivity index (χ3v) is 4.67. The summed E-state index contributed by atoms with van der Waals surface area (Å²) in [5.41, 5.74) is 8.96.